The van der Waals surface area contributed by atoms with Crippen LogP contribution in [0, 0.1) is 5.41 Å². The van der Waals surface area contributed by atoms with Crippen molar-refractivity contribution >= 4 is 7.85 Å². The highest BCUT2D eigenvalue weighted by atomic mass is 14.3. The molecule has 0 nitrogen and oxygen atoms in total. The summed E-state index contributed by atoms with van der Waals surface area (Å²) < 4.78 is 0. The van der Waals surface area contributed by atoms with Crippen LogP contribution in [0.3, 0.4) is 0 Å². The lowest BCUT2D eigenvalue weighted by atomic mass is 9.54. The molecule has 0 rings (SSSR count). The molecule has 0 radical (unpaired) electrons. The second-order valence-electron chi connectivity index (χ2n) is 5.94. The van der Waals surface area contributed by atoms with Crippen molar-refractivity contribution in [3.63, 3.8) is 0 Å². The monoisotopic (exact) mass is 182 g/mol. The summed E-state index contributed by atoms with van der Waals surface area (Å²) >= 11 is 0. The van der Waals surface area contributed by atoms with Gasteiger partial charge >= 0.3 is 0 Å². The molecule has 0 amide bonds. The molecule has 0 bridgehead atoms. The van der Waals surface area contributed by atoms with Crippen LogP contribution in [0.1, 0.15) is 66.7 Å². The topological polar surface area (TPSA) is 0 Å². The number of unbranched alkanes of at least 4 members (excludes halogenated alkanes) is 3. The Hall–Kier alpha value is 0.0649. The fraction of sp³-hybridized carbons (Fsp3) is 1.00. The van der Waals surface area contributed by atoms with E-state index in [0.29, 0.717) is 10.7 Å². The first-order chi connectivity index (χ1) is 5.81. The average molecular weight is 182 g/mol. The summed E-state index contributed by atoms with van der Waals surface area (Å²) in [5.41, 5.74) is 0.487. The molecule has 0 aliphatic heterocycles. The van der Waals surface area contributed by atoms with Gasteiger partial charge in [-0.05, 0) is 11.8 Å². The molecule has 0 N–H and O–H groups in total. The third-order valence-corrected chi connectivity index (χ3v) is 3.69. The molecule has 0 unspecified atom stereocenters. The quantitative estimate of drug-likeness (QED) is 0.432. The van der Waals surface area contributed by atoms with Crippen molar-refractivity contribution in [1.29, 1.82) is 0 Å². The van der Waals surface area contributed by atoms with E-state index < -0.39 is 0 Å². The SMILES string of the molecule is BC(C)(C)C(C)(C)CCCCCC. The highest BCUT2D eigenvalue weighted by Gasteiger charge is 2.31. The van der Waals surface area contributed by atoms with Gasteiger partial charge in [0.25, 0.3) is 0 Å². The van der Waals surface area contributed by atoms with Crippen molar-refractivity contribution < 1.29 is 0 Å². The van der Waals surface area contributed by atoms with E-state index in [1.165, 1.54) is 32.1 Å². The Bertz CT molecular complexity index is 131. The molecule has 78 valence electrons. The first-order valence-corrected chi connectivity index (χ1v) is 5.81. The maximum atomic E-state index is 2.40. The molecule has 0 aliphatic rings. The third kappa shape index (κ3) is 4.74. The van der Waals surface area contributed by atoms with Gasteiger partial charge in [-0.3, -0.25) is 0 Å². The van der Waals surface area contributed by atoms with Crippen molar-refractivity contribution in [2.45, 2.75) is 72.0 Å². The van der Waals surface area contributed by atoms with Crippen LogP contribution in [-0.4, -0.2) is 7.85 Å². The average Bonchev–Trinajstić information content (AvgIpc) is 1.96. The molecule has 0 aromatic carbocycles. The van der Waals surface area contributed by atoms with Crippen LogP contribution in [0.2, 0.25) is 5.31 Å². The Labute approximate surface area is 85.9 Å². The van der Waals surface area contributed by atoms with Crippen molar-refractivity contribution in [1.82, 2.24) is 0 Å². The van der Waals surface area contributed by atoms with Gasteiger partial charge in [0.2, 0.25) is 0 Å². The number of hydrogen-bond donors (Lipinski definition) is 0. The van der Waals surface area contributed by atoms with Gasteiger partial charge in [-0.1, -0.05) is 65.6 Å². The third-order valence-electron chi connectivity index (χ3n) is 3.69. The Kier molecular flexibility index (Phi) is 5.10. The lowest BCUT2D eigenvalue weighted by Gasteiger charge is -2.39. The lowest BCUT2D eigenvalue weighted by molar-refractivity contribution is 0.237. The van der Waals surface area contributed by atoms with E-state index in [0.717, 1.165) is 0 Å². The normalized spacial score (nSPS) is 13.3. The summed E-state index contributed by atoms with van der Waals surface area (Å²) in [5.74, 6) is 0. The van der Waals surface area contributed by atoms with Gasteiger partial charge in [0.1, 0.15) is 7.85 Å². The number of rotatable bonds is 6. The van der Waals surface area contributed by atoms with Crippen LogP contribution in [-0.2, 0) is 0 Å². The van der Waals surface area contributed by atoms with E-state index in [1.807, 2.05) is 0 Å². The zero-order valence-corrected chi connectivity index (χ0v) is 10.5. The lowest BCUT2D eigenvalue weighted by Crippen LogP contribution is -2.26. The minimum atomic E-state index is 0.444. The highest BCUT2D eigenvalue weighted by Crippen LogP contribution is 2.45. The largest absolute Gasteiger partial charge is 0.109 e. The number of hydrogen-bond acceptors (Lipinski definition) is 0. The summed E-state index contributed by atoms with van der Waals surface area (Å²) in [6.07, 6.45) is 6.93. The van der Waals surface area contributed by atoms with E-state index >= 15 is 0 Å². The second-order valence-corrected chi connectivity index (χ2v) is 5.94. The van der Waals surface area contributed by atoms with E-state index in [2.05, 4.69) is 42.5 Å². The fourth-order valence-corrected chi connectivity index (χ4v) is 1.37. The van der Waals surface area contributed by atoms with E-state index in [1.54, 1.807) is 0 Å². The van der Waals surface area contributed by atoms with Crippen LogP contribution in [0.25, 0.3) is 0 Å². The first kappa shape index (κ1) is 13.1. The van der Waals surface area contributed by atoms with E-state index in [9.17, 15) is 0 Å². The summed E-state index contributed by atoms with van der Waals surface area (Å²) in [4.78, 5) is 0. The Morgan fingerprint density at radius 2 is 1.46 bits per heavy atom. The van der Waals surface area contributed by atoms with Crippen LogP contribution >= 0.6 is 0 Å². The fourth-order valence-electron chi connectivity index (χ4n) is 1.37. The van der Waals surface area contributed by atoms with Gasteiger partial charge in [0.05, 0.1) is 0 Å². The molecule has 0 aromatic heterocycles. The van der Waals surface area contributed by atoms with Crippen LogP contribution in [0.5, 0.6) is 0 Å². The molecular weight excluding hydrogens is 155 g/mol. The predicted molar refractivity (Wildman–Crippen MR) is 65.1 cm³/mol. The molecule has 0 spiro atoms. The van der Waals surface area contributed by atoms with Crippen molar-refractivity contribution in [3.05, 3.63) is 0 Å². The summed E-state index contributed by atoms with van der Waals surface area (Å²) in [5, 5.41) is 0.444. The van der Waals surface area contributed by atoms with Crippen LogP contribution in [0.4, 0.5) is 0 Å². The van der Waals surface area contributed by atoms with Crippen molar-refractivity contribution in [2.24, 2.45) is 5.41 Å². The zero-order chi connectivity index (χ0) is 10.5. The van der Waals surface area contributed by atoms with Crippen molar-refractivity contribution in [3.8, 4) is 0 Å². The zero-order valence-electron chi connectivity index (χ0n) is 10.5. The van der Waals surface area contributed by atoms with Gasteiger partial charge in [-0.2, -0.15) is 0 Å². The van der Waals surface area contributed by atoms with Crippen LogP contribution in [0.15, 0.2) is 0 Å². The van der Waals surface area contributed by atoms with Gasteiger partial charge in [0, 0.05) is 0 Å². The summed E-state index contributed by atoms with van der Waals surface area (Å²) in [6, 6.07) is 0. The molecule has 0 saturated carbocycles. The molecule has 0 saturated heterocycles. The second kappa shape index (κ2) is 5.07. The minimum absolute atomic E-state index is 0.444. The highest BCUT2D eigenvalue weighted by molar-refractivity contribution is 6.15. The Morgan fingerprint density at radius 1 is 0.923 bits per heavy atom. The van der Waals surface area contributed by atoms with E-state index in [4.69, 9.17) is 0 Å². The Balaban J connectivity index is 3.77. The van der Waals surface area contributed by atoms with Gasteiger partial charge < -0.3 is 0 Å². The minimum Gasteiger partial charge on any atom is -0.0667 e. The summed E-state index contributed by atoms with van der Waals surface area (Å²) in [6.45, 7) is 11.8. The van der Waals surface area contributed by atoms with E-state index in [-0.39, 0.29) is 0 Å². The molecule has 13 heavy (non-hydrogen) atoms. The standard InChI is InChI=1S/C12H27B/c1-6-7-8-9-10-11(2,3)12(4,5)13/h6-10,13H2,1-5H3. The molecule has 1 heteroatoms. The maximum Gasteiger partial charge on any atom is 0.109 e. The molecule has 0 aliphatic carbocycles. The van der Waals surface area contributed by atoms with Crippen LogP contribution < -0.4 is 0 Å². The van der Waals surface area contributed by atoms with Gasteiger partial charge in [-0.15, -0.1) is 0 Å². The maximum absolute atomic E-state index is 2.40. The smallest absolute Gasteiger partial charge is 0.0667 e. The molecular formula is C12H27B. The molecule has 0 heterocycles. The van der Waals surface area contributed by atoms with Crippen molar-refractivity contribution in [2.75, 3.05) is 0 Å². The molecule has 0 aromatic rings. The summed E-state index contributed by atoms with van der Waals surface area (Å²) in [7, 11) is 2.35. The van der Waals surface area contributed by atoms with Gasteiger partial charge in [0.15, 0.2) is 0 Å². The van der Waals surface area contributed by atoms with Gasteiger partial charge in [-0.25, -0.2) is 0 Å². The Morgan fingerprint density at radius 3 is 1.85 bits per heavy atom. The first-order valence-electron chi connectivity index (χ1n) is 5.81. The predicted octanol–water partition coefficient (Wildman–Crippen LogP) is 3.81. The molecule has 0 atom stereocenters. The molecule has 0 fully saturated rings.